The molecule has 0 radical (unpaired) electrons. The van der Waals surface area contributed by atoms with Crippen LogP contribution in [0.25, 0.3) is 11.3 Å². The van der Waals surface area contributed by atoms with E-state index in [2.05, 4.69) is 16.3 Å². The summed E-state index contributed by atoms with van der Waals surface area (Å²) >= 11 is 8.04. The third-order valence-electron chi connectivity index (χ3n) is 3.81. The number of allylic oxidation sites excluding steroid dienone is 1. The number of aromatic amines is 1. The topological polar surface area (TPSA) is 87.7 Å². The van der Waals surface area contributed by atoms with E-state index in [0.29, 0.717) is 16.5 Å². The van der Waals surface area contributed by atoms with Crippen LogP contribution in [0, 0.1) is 11.3 Å². The predicted molar refractivity (Wildman–Crippen MR) is 92.2 cm³/mol. The summed E-state index contributed by atoms with van der Waals surface area (Å²) in [6, 6.07) is 9.69. The van der Waals surface area contributed by atoms with Crippen LogP contribution in [0.1, 0.15) is 17.9 Å². The van der Waals surface area contributed by atoms with Crippen LogP contribution < -0.4 is 10.5 Å². The van der Waals surface area contributed by atoms with Gasteiger partial charge in [0, 0.05) is 16.5 Å². The summed E-state index contributed by atoms with van der Waals surface area (Å²) in [5, 5.41) is 17.3. The van der Waals surface area contributed by atoms with Crippen LogP contribution in [0.15, 0.2) is 35.7 Å². The van der Waals surface area contributed by atoms with Crippen LogP contribution >= 0.6 is 23.4 Å². The van der Waals surface area contributed by atoms with E-state index in [-0.39, 0.29) is 11.8 Å². The third kappa shape index (κ3) is 2.78. The van der Waals surface area contributed by atoms with Gasteiger partial charge in [-0.1, -0.05) is 29.8 Å². The van der Waals surface area contributed by atoms with E-state index >= 15 is 0 Å². The highest BCUT2D eigenvalue weighted by Gasteiger charge is 2.34. The summed E-state index contributed by atoms with van der Waals surface area (Å²) in [7, 11) is 0. The highest BCUT2D eigenvalue weighted by atomic mass is 35.5. The Bertz CT molecular complexity index is 809. The normalized spacial score (nSPS) is 16.7. The van der Waals surface area contributed by atoms with E-state index in [1.54, 1.807) is 11.8 Å². The minimum Gasteiger partial charge on any atom is -0.420 e. The fourth-order valence-electron chi connectivity index (χ4n) is 2.74. The molecular formula is C16H15ClN4OS. The minimum absolute atomic E-state index is 0.128. The number of nitrogens with zero attached hydrogens (tertiary/aromatic N) is 2. The molecule has 118 valence electrons. The lowest BCUT2D eigenvalue weighted by atomic mass is 9.86. The molecule has 0 aliphatic carbocycles. The Kier molecular flexibility index (Phi) is 4.51. The molecule has 7 heteroatoms. The number of thioether (sulfide) groups is 1. The summed E-state index contributed by atoms with van der Waals surface area (Å²) in [4.78, 5) is 0. The number of nitrogens with two attached hydrogens (primary N) is 1. The number of rotatable bonds is 4. The Morgan fingerprint density at radius 1 is 1.48 bits per heavy atom. The van der Waals surface area contributed by atoms with Crippen molar-refractivity contribution in [3.8, 4) is 23.2 Å². The fourth-order valence-corrected chi connectivity index (χ4v) is 3.44. The monoisotopic (exact) mass is 346 g/mol. The average molecular weight is 347 g/mol. The molecule has 3 N–H and O–H groups in total. The Hall–Kier alpha value is -2.10. The van der Waals surface area contributed by atoms with Gasteiger partial charge in [-0.3, -0.25) is 5.10 Å². The van der Waals surface area contributed by atoms with Crippen molar-refractivity contribution in [2.75, 3.05) is 12.0 Å². The average Bonchev–Trinajstić information content (AvgIpc) is 2.96. The Morgan fingerprint density at radius 2 is 2.26 bits per heavy atom. The highest BCUT2D eigenvalue weighted by molar-refractivity contribution is 7.98. The smallest absolute Gasteiger partial charge is 0.244 e. The predicted octanol–water partition coefficient (Wildman–Crippen LogP) is 3.65. The number of hydrogen-bond donors (Lipinski definition) is 2. The lowest BCUT2D eigenvalue weighted by Crippen LogP contribution is -2.20. The number of nitriles is 1. The molecule has 0 fully saturated rings. The van der Waals surface area contributed by atoms with Crippen LogP contribution in [0.3, 0.4) is 0 Å². The van der Waals surface area contributed by atoms with Crippen LogP contribution in [-0.4, -0.2) is 22.2 Å². The SMILES string of the molecule is CSCC[C@@H]1C(C#N)=C(N)Oc2n[nH]c(-c3ccccc3Cl)c21. The summed E-state index contributed by atoms with van der Waals surface area (Å²) in [5.74, 6) is 1.29. The molecule has 1 atom stereocenters. The van der Waals surface area contributed by atoms with E-state index in [1.165, 1.54) is 0 Å². The molecule has 1 aromatic carbocycles. The van der Waals surface area contributed by atoms with Gasteiger partial charge in [-0.25, -0.2) is 0 Å². The number of ether oxygens (including phenoxy) is 1. The number of aromatic nitrogens is 2. The lowest BCUT2D eigenvalue weighted by Gasteiger charge is -2.23. The van der Waals surface area contributed by atoms with Crippen molar-refractivity contribution in [3.63, 3.8) is 0 Å². The largest absolute Gasteiger partial charge is 0.420 e. The zero-order valence-corrected chi connectivity index (χ0v) is 14.0. The van der Waals surface area contributed by atoms with Crippen molar-refractivity contribution in [2.24, 2.45) is 5.73 Å². The van der Waals surface area contributed by atoms with Gasteiger partial charge < -0.3 is 10.5 Å². The molecular weight excluding hydrogens is 332 g/mol. The van der Waals surface area contributed by atoms with E-state index in [4.69, 9.17) is 22.1 Å². The first-order valence-electron chi connectivity index (χ1n) is 7.07. The van der Waals surface area contributed by atoms with Crippen molar-refractivity contribution in [2.45, 2.75) is 12.3 Å². The lowest BCUT2D eigenvalue weighted by molar-refractivity contribution is 0.373. The van der Waals surface area contributed by atoms with Crippen molar-refractivity contribution in [3.05, 3.63) is 46.3 Å². The Balaban J connectivity index is 2.14. The quantitative estimate of drug-likeness (QED) is 0.882. The summed E-state index contributed by atoms with van der Waals surface area (Å²) in [6.45, 7) is 0. The van der Waals surface area contributed by atoms with Gasteiger partial charge in [0.2, 0.25) is 11.8 Å². The van der Waals surface area contributed by atoms with Gasteiger partial charge in [-0.2, -0.15) is 17.0 Å². The summed E-state index contributed by atoms with van der Waals surface area (Å²) < 4.78 is 5.53. The standard InChI is InChI=1S/C16H15ClN4OS/c1-23-7-6-9-11(8-18)15(19)22-16-13(9)14(20-21-16)10-4-2-3-5-12(10)17/h2-5,9H,6-7,19H2,1H3,(H,20,21)/t9-/m1/s1. The van der Waals surface area contributed by atoms with E-state index in [0.717, 1.165) is 29.0 Å². The number of nitrogens with one attached hydrogen (secondary N) is 1. The number of fused-ring (bicyclic) bond motifs is 1. The molecule has 0 bridgehead atoms. The van der Waals surface area contributed by atoms with Gasteiger partial charge in [0.1, 0.15) is 6.07 Å². The molecule has 2 aromatic rings. The van der Waals surface area contributed by atoms with Gasteiger partial charge in [0.05, 0.1) is 16.8 Å². The van der Waals surface area contributed by atoms with Crippen molar-refractivity contribution >= 4 is 23.4 Å². The molecule has 3 rings (SSSR count). The zero-order valence-electron chi connectivity index (χ0n) is 12.5. The van der Waals surface area contributed by atoms with Gasteiger partial charge in [0.25, 0.3) is 0 Å². The van der Waals surface area contributed by atoms with E-state index in [1.807, 2.05) is 30.5 Å². The molecule has 0 saturated heterocycles. The van der Waals surface area contributed by atoms with Crippen molar-refractivity contribution < 1.29 is 4.74 Å². The van der Waals surface area contributed by atoms with Crippen LogP contribution in [0.4, 0.5) is 0 Å². The molecule has 2 heterocycles. The maximum Gasteiger partial charge on any atom is 0.244 e. The molecule has 0 saturated carbocycles. The molecule has 5 nitrogen and oxygen atoms in total. The molecule has 1 aliphatic rings. The van der Waals surface area contributed by atoms with Crippen LogP contribution in [0.5, 0.6) is 5.88 Å². The fraction of sp³-hybridized carbons (Fsp3) is 0.250. The molecule has 0 spiro atoms. The van der Waals surface area contributed by atoms with Crippen LogP contribution in [-0.2, 0) is 0 Å². The molecule has 1 aromatic heterocycles. The van der Waals surface area contributed by atoms with Crippen molar-refractivity contribution in [1.29, 1.82) is 5.26 Å². The number of benzene rings is 1. The summed E-state index contributed by atoms with van der Waals surface area (Å²) in [6.07, 6.45) is 2.81. The number of H-pyrrole nitrogens is 1. The van der Waals surface area contributed by atoms with Gasteiger partial charge >= 0.3 is 0 Å². The zero-order chi connectivity index (χ0) is 16.4. The molecule has 0 amide bonds. The second-order valence-electron chi connectivity index (χ2n) is 5.12. The summed E-state index contributed by atoms with van der Waals surface area (Å²) in [5.41, 5.74) is 8.79. The highest BCUT2D eigenvalue weighted by Crippen LogP contribution is 2.45. The minimum atomic E-state index is -0.152. The first-order chi connectivity index (χ1) is 11.2. The van der Waals surface area contributed by atoms with Gasteiger partial charge in [-0.05, 0) is 24.5 Å². The first-order valence-corrected chi connectivity index (χ1v) is 8.84. The Morgan fingerprint density at radius 3 is 2.96 bits per heavy atom. The van der Waals surface area contributed by atoms with E-state index < -0.39 is 0 Å². The third-order valence-corrected chi connectivity index (χ3v) is 4.79. The second-order valence-corrected chi connectivity index (χ2v) is 6.52. The molecule has 1 aliphatic heterocycles. The van der Waals surface area contributed by atoms with Crippen molar-refractivity contribution in [1.82, 2.24) is 10.2 Å². The van der Waals surface area contributed by atoms with Gasteiger partial charge in [-0.15, -0.1) is 5.10 Å². The second kappa shape index (κ2) is 6.57. The van der Waals surface area contributed by atoms with E-state index in [9.17, 15) is 5.26 Å². The van der Waals surface area contributed by atoms with Gasteiger partial charge in [0.15, 0.2) is 0 Å². The Labute approximate surface area is 143 Å². The molecule has 23 heavy (non-hydrogen) atoms. The number of hydrogen-bond acceptors (Lipinski definition) is 5. The maximum atomic E-state index is 9.48. The number of halogens is 1. The first kappa shape index (κ1) is 15.8. The molecule has 0 unspecified atom stereocenters. The van der Waals surface area contributed by atoms with Crippen LogP contribution in [0.2, 0.25) is 5.02 Å². The maximum absolute atomic E-state index is 9.48.